The third-order valence-electron chi connectivity index (χ3n) is 4.87. The standard InChI is InChI=1S/C19H20F3N3O5/c1-4-18(3,5-2)23-14-11-13(7-8-15(14)24(26)27)30-17-9-6-12(19(20,21)22)10-16(17)25(28)29/h6-11,23H,4-5H2,1-3H3. The molecule has 30 heavy (non-hydrogen) atoms. The molecule has 2 aromatic carbocycles. The van der Waals surface area contributed by atoms with Crippen LogP contribution in [0.25, 0.3) is 0 Å². The fraction of sp³-hybridized carbons (Fsp3) is 0.368. The topological polar surface area (TPSA) is 108 Å². The van der Waals surface area contributed by atoms with Crippen molar-refractivity contribution in [2.24, 2.45) is 0 Å². The summed E-state index contributed by atoms with van der Waals surface area (Å²) in [6.07, 6.45) is -3.43. The SMILES string of the molecule is CCC(C)(CC)Nc1cc(Oc2ccc(C(F)(F)F)cc2[N+](=O)[O-])ccc1[N+](=O)[O-]. The first-order valence-electron chi connectivity index (χ1n) is 9.00. The van der Waals surface area contributed by atoms with E-state index in [-0.39, 0.29) is 17.1 Å². The molecule has 2 rings (SSSR count). The molecule has 11 heteroatoms. The Hall–Kier alpha value is -3.37. The number of hydrogen-bond acceptors (Lipinski definition) is 6. The number of halogens is 3. The molecule has 8 nitrogen and oxygen atoms in total. The number of hydrogen-bond donors (Lipinski definition) is 1. The van der Waals surface area contributed by atoms with Crippen LogP contribution >= 0.6 is 0 Å². The second-order valence-corrected chi connectivity index (χ2v) is 6.87. The van der Waals surface area contributed by atoms with Gasteiger partial charge in [-0.15, -0.1) is 0 Å². The fourth-order valence-corrected chi connectivity index (χ4v) is 2.64. The summed E-state index contributed by atoms with van der Waals surface area (Å²) >= 11 is 0. The molecule has 1 N–H and O–H groups in total. The van der Waals surface area contributed by atoms with Gasteiger partial charge in [0.25, 0.3) is 5.69 Å². The third kappa shape index (κ3) is 5.16. The molecule has 0 saturated carbocycles. The second-order valence-electron chi connectivity index (χ2n) is 6.87. The number of ether oxygens (including phenoxy) is 1. The molecule has 0 saturated heterocycles. The van der Waals surface area contributed by atoms with Crippen LogP contribution in [0.15, 0.2) is 36.4 Å². The molecular weight excluding hydrogens is 407 g/mol. The van der Waals surface area contributed by atoms with E-state index in [4.69, 9.17) is 4.74 Å². The molecule has 0 bridgehead atoms. The summed E-state index contributed by atoms with van der Waals surface area (Å²) in [6, 6.07) is 5.57. The number of alkyl halides is 3. The zero-order valence-corrected chi connectivity index (χ0v) is 16.4. The van der Waals surface area contributed by atoms with Gasteiger partial charge in [-0.25, -0.2) is 0 Å². The quantitative estimate of drug-likeness (QED) is 0.391. The van der Waals surface area contributed by atoms with Crippen LogP contribution < -0.4 is 10.1 Å². The van der Waals surface area contributed by atoms with Gasteiger partial charge in [-0.05, 0) is 38.0 Å². The van der Waals surface area contributed by atoms with E-state index < -0.39 is 38.6 Å². The van der Waals surface area contributed by atoms with Gasteiger partial charge in [-0.3, -0.25) is 20.2 Å². The minimum Gasteiger partial charge on any atom is -0.450 e. The Morgan fingerprint density at radius 1 is 0.967 bits per heavy atom. The van der Waals surface area contributed by atoms with E-state index in [0.29, 0.717) is 25.0 Å². The Kier molecular flexibility index (Phi) is 6.53. The third-order valence-corrected chi connectivity index (χ3v) is 4.87. The summed E-state index contributed by atoms with van der Waals surface area (Å²) in [7, 11) is 0. The van der Waals surface area contributed by atoms with Crippen molar-refractivity contribution in [2.45, 2.75) is 45.3 Å². The number of nitrogens with one attached hydrogen (secondary N) is 1. The van der Waals surface area contributed by atoms with E-state index in [1.54, 1.807) is 0 Å². The van der Waals surface area contributed by atoms with Gasteiger partial charge in [-0.1, -0.05) is 13.8 Å². The van der Waals surface area contributed by atoms with Crippen molar-refractivity contribution in [3.05, 3.63) is 62.2 Å². The summed E-state index contributed by atoms with van der Waals surface area (Å²) in [4.78, 5) is 21.0. The van der Waals surface area contributed by atoms with Gasteiger partial charge in [0.1, 0.15) is 11.4 Å². The normalized spacial score (nSPS) is 11.8. The van der Waals surface area contributed by atoms with Crippen molar-refractivity contribution < 1.29 is 27.8 Å². The van der Waals surface area contributed by atoms with Crippen molar-refractivity contribution in [3.8, 4) is 11.5 Å². The number of rotatable bonds is 8. The van der Waals surface area contributed by atoms with Crippen molar-refractivity contribution in [1.82, 2.24) is 0 Å². The number of nitrogens with zero attached hydrogens (tertiary/aromatic N) is 2. The Morgan fingerprint density at radius 3 is 2.07 bits per heavy atom. The molecule has 0 aromatic heterocycles. The van der Waals surface area contributed by atoms with Gasteiger partial charge in [-0.2, -0.15) is 13.2 Å². The van der Waals surface area contributed by atoms with Gasteiger partial charge >= 0.3 is 11.9 Å². The van der Waals surface area contributed by atoms with Crippen LogP contribution in [0.4, 0.5) is 30.2 Å². The molecule has 0 atom stereocenters. The molecule has 162 valence electrons. The lowest BCUT2D eigenvalue weighted by Gasteiger charge is -2.29. The highest BCUT2D eigenvalue weighted by molar-refractivity contribution is 5.66. The predicted molar refractivity (Wildman–Crippen MR) is 104 cm³/mol. The van der Waals surface area contributed by atoms with E-state index in [9.17, 15) is 33.4 Å². The summed E-state index contributed by atoms with van der Waals surface area (Å²) in [5.41, 5.74) is -2.60. The highest BCUT2D eigenvalue weighted by Gasteiger charge is 2.33. The maximum Gasteiger partial charge on any atom is 0.416 e. The molecule has 2 aromatic rings. The van der Waals surface area contributed by atoms with E-state index in [2.05, 4.69) is 5.32 Å². The minimum atomic E-state index is -4.75. The molecule has 0 aliphatic carbocycles. The lowest BCUT2D eigenvalue weighted by molar-refractivity contribution is -0.385. The Labute approximate surface area is 170 Å². The molecule has 0 radical (unpaired) electrons. The van der Waals surface area contributed by atoms with Crippen LogP contribution in [0, 0.1) is 20.2 Å². The minimum absolute atomic E-state index is 0.000477. The van der Waals surface area contributed by atoms with Crippen LogP contribution in [-0.4, -0.2) is 15.4 Å². The Morgan fingerprint density at radius 2 is 1.57 bits per heavy atom. The van der Waals surface area contributed by atoms with Crippen LogP contribution in [0.5, 0.6) is 11.5 Å². The number of nitro groups is 2. The first kappa shape index (κ1) is 22.9. The van der Waals surface area contributed by atoms with E-state index in [1.165, 1.54) is 18.2 Å². The molecule has 0 heterocycles. The molecule has 0 spiro atoms. The summed E-state index contributed by atoms with van der Waals surface area (Å²) in [6.45, 7) is 5.70. The molecule has 0 unspecified atom stereocenters. The van der Waals surface area contributed by atoms with Gasteiger partial charge in [0.15, 0.2) is 0 Å². The van der Waals surface area contributed by atoms with Gasteiger partial charge in [0.05, 0.1) is 15.4 Å². The molecular formula is C19H20F3N3O5. The lowest BCUT2D eigenvalue weighted by atomic mass is 9.95. The average molecular weight is 427 g/mol. The largest absolute Gasteiger partial charge is 0.450 e. The van der Waals surface area contributed by atoms with Crippen molar-refractivity contribution in [1.29, 1.82) is 0 Å². The van der Waals surface area contributed by atoms with Gasteiger partial charge < -0.3 is 10.1 Å². The van der Waals surface area contributed by atoms with E-state index >= 15 is 0 Å². The smallest absolute Gasteiger partial charge is 0.416 e. The zero-order valence-electron chi connectivity index (χ0n) is 16.4. The van der Waals surface area contributed by atoms with Crippen LogP contribution in [0.2, 0.25) is 0 Å². The number of nitro benzene ring substituents is 2. The average Bonchev–Trinajstić information content (AvgIpc) is 2.67. The summed E-state index contributed by atoms with van der Waals surface area (Å²) in [5, 5.41) is 25.7. The maximum absolute atomic E-state index is 12.9. The van der Waals surface area contributed by atoms with Crippen molar-refractivity contribution in [3.63, 3.8) is 0 Å². The first-order chi connectivity index (χ1) is 13.9. The number of benzene rings is 2. The van der Waals surface area contributed by atoms with Gasteiger partial charge in [0, 0.05) is 23.7 Å². The highest BCUT2D eigenvalue weighted by Crippen LogP contribution is 2.39. The highest BCUT2D eigenvalue weighted by atomic mass is 19.4. The summed E-state index contributed by atoms with van der Waals surface area (Å²) < 4.78 is 44.0. The summed E-state index contributed by atoms with van der Waals surface area (Å²) in [5.74, 6) is -0.415. The molecule has 0 amide bonds. The van der Waals surface area contributed by atoms with Crippen molar-refractivity contribution in [2.75, 3.05) is 5.32 Å². The molecule has 0 aliphatic heterocycles. The van der Waals surface area contributed by atoms with Gasteiger partial charge in [0.2, 0.25) is 5.75 Å². The lowest BCUT2D eigenvalue weighted by Crippen LogP contribution is -2.33. The first-order valence-corrected chi connectivity index (χ1v) is 9.00. The maximum atomic E-state index is 12.9. The zero-order chi connectivity index (χ0) is 22.7. The Balaban J connectivity index is 2.47. The second kappa shape index (κ2) is 8.56. The van der Waals surface area contributed by atoms with Crippen LogP contribution in [0.3, 0.4) is 0 Å². The number of anilines is 1. The van der Waals surface area contributed by atoms with Crippen LogP contribution in [-0.2, 0) is 6.18 Å². The Bertz CT molecular complexity index is 959. The predicted octanol–water partition coefficient (Wildman–Crippen LogP) is 6.30. The van der Waals surface area contributed by atoms with E-state index in [1.807, 2.05) is 20.8 Å². The van der Waals surface area contributed by atoms with Crippen LogP contribution in [0.1, 0.15) is 39.2 Å². The fourth-order valence-electron chi connectivity index (χ4n) is 2.64. The monoisotopic (exact) mass is 427 g/mol. The van der Waals surface area contributed by atoms with E-state index in [0.717, 1.165) is 6.07 Å². The molecule has 0 fully saturated rings. The molecule has 0 aliphatic rings. The van der Waals surface area contributed by atoms with Crippen molar-refractivity contribution >= 4 is 17.1 Å².